The standard InChI is InChI=1S/C21H20N2O4/c1-22(16-7-6-13-4-2-3-5-14(13)16)12-23-17-11-19-18(26-8-9-27-19)10-15(17)20(24)21(23)25/h2-5,10-11,16H,6-9,12H2,1H3. The largest absolute Gasteiger partial charge is 0.486 e. The number of hydrogen-bond acceptors (Lipinski definition) is 5. The lowest BCUT2D eigenvalue weighted by Gasteiger charge is -2.30. The summed E-state index contributed by atoms with van der Waals surface area (Å²) >= 11 is 0. The number of ketones is 1. The SMILES string of the molecule is CN(CN1C(=O)C(=O)c2cc3c(cc21)OCCO3)C1CCc2ccccc21. The number of Topliss-reactive ketones (excluding diaryl/α,β-unsaturated/α-hetero) is 1. The van der Waals surface area contributed by atoms with Gasteiger partial charge < -0.3 is 9.47 Å². The summed E-state index contributed by atoms with van der Waals surface area (Å²) in [6.45, 7) is 1.27. The van der Waals surface area contributed by atoms with Gasteiger partial charge in [-0.25, -0.2) is 0 Å². The van der Waals surface area contributed by atoms with E-state index in [1.54, 1.807) is 17.0 Å². The minimum atomic E-state index is -0.495. The zero-order valence-corrected chi connectivity index (χ0v) is 15.1. The van der Waals surface area contributed by atoms with Crippen LogP contribution in [-0.4, -0.2) is 43.5 Å². The van der Waals surface area contributed by atoms with Crippen LogP contribution in [0, 0.1) is 0 Å². The summed E-state index contributed by atoms with van der Waals surface area (Å²) in [5.41, 5.74) is 3.66. The second kappa shape index (κ2) is 6.09. The van der Waals surface area contributed by atoms with Crippen LogP contribution in [0.4, 0.5) is 5.69 Å². The van der Waals surface area contributed by atoms with E-state index in [2.05, 4.69) is 29.2 Å². The number of fused-ring (bicyclic) bond motifs is 3. The quantitative estimate of drug-likeness (QED) is 0.784. The number of anilines is 1. The Morgan fingerprint density at radius 3 is 2.67 bits per heavy atom. The monoisotopic (exact) mass is 364 g/mol. The summed E-state index contributed by atoms with van der Waals surface area (Å²) in [6.07, 6.45) is 2.05. The summed E-state index contributed by atoms with van der Waals surface area (Å²) in [6, 6.07) is 12.0. The molecule has 138 valence electrons. The highest BCUT2D eigenvalue weighted by Crippen LogP contribution is 2.41. The lowest BCUT2D eigenvalue weighted by molar-refractivity contribution is -0.114. The van der Waals surface area contributed by atoms with Gasteiger partial charge in [-0.05, 0) is 37.1 Å². The van der Waals surface area contributed by atoms with Crippen LogP contribution in [-0.2, 0) is 11.2 Å². The Balaban J connectivity index is 1.45. The van der Waals surface area contributed by atoms with Gasteiger partial charge in [0, 0.05) is 12.1 Å². The third kappa shape index (κ3) is 2.51. The fraction of sp³-hybridized carbons (Fsp3) is 0.333. The maximum absolute atomic E-state index is 12.6. The minimum absolute atomic E-state index is 0.241. The predicted octanol–water partition coefficient (Wildman–Crippen LogP) is 2.56. The van der Waals surface area contributed by atoms with Crippen LogP contribution in [0.1, 0.15) is 33.9 Å². The van der Waals surface area contributed by atoms with E-state index in [0.717, 1.165) is 12.8 Å². The highest BCUT2D eigenvalue weighted by atomic mass is 16.6. The molecule has 2 heterocycles. The van der Waals surface area contributed by atoms with Gasteiger partial charge in [-0.15, -0.1) is 0 Å². The maximum atomic E-state index is 12.6. The molecule has 1 aliphatic carbocycles. The number of carbonyl (C=O) groups is 2. The topological polar surface area (TPSA) is 59.1 Å². The fourth-order valence-electron chi connectivity index (χ4n) is 4.28. The Hall–Kier alpha value is -2.86. The summed E-state index contributed by atoms with van der Waals surface area (Å²) in [7, 11) is 2.00. The van der Waals surface area contributed by atoms with Crippen molar-refractivity contribution < 1.29 is 19.1 Å². The number of amides is 1. The lowest BCUT2D eigenvalue weighted by atomic mass is 10.1. The first kappa shape index (κ1) is 16.3. The molecule has 2 aliphatic heterocycles. The fourth-order valence-corrected chi connectivity index (χ4v) is 4.28. The van der Waals surface area contributed by atoms with Gasteiger partial charge in [-0.3, -0.25) is 19.4 Å². The molecule has 0 aromatic heterocycles. The third-order valence-corrected chi connectivity index (χ3v) is 5.63. The van der Waals surface area contributed by atoms with Crippen LogP contribution in [0.15, 0.2) is 36.4 Å². The number of carbonyl (C=O) groups excluding carboxylic acids is 2. The molecule has 0 radical (unpaired) electrons. The Morgan fingerprint density at radius 1 is 1.11 bits per heavy atom. The summed E-state index contributed by atoms with van der Waals surface area (Å²) in [5.74, 6) is 0.134. The smallest absolute Gasteiger partial charge is 0.300 e. The molecule has 3 aliphatic rings. The van der Waals surface area contributed by atoms with Crippen LogP contribution in [0.3, 0.4) is 0 Å². The molecule has 27 heavy (non-hydrogen) atoms. The molecule has 2 aromatic carbocycles. The summed E-state index contributed by atoms with van der Waals surface area (Å²) < 4.78 is 11.2. The van der Waals surface area contributed by atoms with Crippen LogP contribution in [0.2, 0.25) is 0 Å². The average Bonchev–Trinajstić information content (AvgIpc) is 3.22. The third-order valence-electron chi connectivity index (χ3n) is 5.63. The Bertz CT molecular complexity index is 955. The van der Waals surface area contributed by atoms with E-state index in [9.17, 15) is 9.59 Å². The lowest BCUT2D eigenvalue weighted by Crippen LogP contribution is -2.40. The molecular formula is C21H20N2O4. The van der Waals surface area contributed by atoms with Gasteiger partial charge in [-0.2, -0.15) is 0 Å². The van der Waals surface area contributed by atoms with Crippen molar-refractivity contribution >= 4 is 17.4 Å². The van der Waals surface area contributed by atoms with Crippen molar-refractivity contribution in [3.8, 4) is 11.5 Å². The van der Waals surface area contributed by atoms with Crippen LogP contribution in [0.5, 0.6) is 11.5 Å². The van der Waals surface area contributed by atoms with E-state index in [0.29, 0.717) is 42.6 Å². The van der Waals surface area contributed by atoms with Gasteiger partial charge in [0.1, 0.15) is 13.2 Å². The van der Waals surface area contributed by atoms with Crippen LogP contribution in [0.25, 0.3) is 0 Å². The van der Waals surface area contributed by atoms with E-state index >= 15 is 0 Å². The number of rotatable bonds is 3. The van der Waals surface area contributed by atoms with Gasteiger partial charge in [0.15, 0.2) is 11.5 Å². The molecule has 1 amide bonds. The first-order valence-electron chi connectivity index (χ1n) is 9.21. The van der Waals surface area contributed by atoms with E-state index in [4.69, 9.17) is 9.47 Å². The van der Waals surface area contributed by atoms with Crippen LogP contribution < -0.4 is 14.4 Å². The second-order valence-electron chi connectivity index (χ2n) is 7.23. The molecule has 0 spiro atoms. The zero-order chi connectivity index (χ0) is 18.5. The molecule has 0 saturated heterocycles. The Kier molecular flexibility index (Phi) is 3.68. The molecule has 5 rings (SSSR count). The molecule has 0 N–H and O–H groups in total. The molecule has 1 unspecified atom stereocenters. The Morgan fingerprint density at radius 2 is 1.85 bits per heavy atom. The van der Waals surface area contributed by atoms with Crippen molar-refractivity contribution in [2.24, 2.45) is 0 Å². The van der Waals surface area contributed by atoms with Crippen molar-refractivity contribution in [1.82, 2.24) is 4.90 Å². The van der Waals surface area contributed by atoms with Crippen molar-refractivity contribution in [3.05, 3.63) is 53.1 Å². The average molecular weight is 364 g/mol. The number of ether oxygens (including phenoxy) is 2. The highest BCUT2D eigenvalue weighted by molar-refractivity contribution is 6.52. The second-order valence-corrected chi connectivity index (χ2v) is 7.23. The van der Waals surface area contributed by atoms with Crippen molar-refractivity contribution in [2.45, 2.75) is 18.9 Å². The van der Waals surface area contributed by atoms with Gasteiger partial charge >= 0.3 is 5.91 Å². The van der Waals surface area contributed by atoms with E-state index in [1.165, 1.54) is 11.1 Å². The first-order valence-corrected chi connectivity index (χ1v) is 9.21. The number of benzene rings is 2. The summed E-state index contributed by atoms with van der Waals surface area (Å²) in [4.78, 5) is 28.8. The van der Waals surface area contributed by atoms with Gasteiger partial charge in [-0.1, -0.05) is 24.3 Å². The first-order chi connectivity index (χ1) is 13.1. The zero-order valence-electron chi connectivity index (χ0n) is 15.1. The predicted molar refractivity (Wildman–Crippen MR) is 99.4 cm³/mol. The molecule has 0 fully saturated rings. The van der Waals surface area contributed by atoms with Gasteiger partial charge in [0.05, 0.1) is 17.9 Å². The van der Waals surface area contributed by atoms with E-state index < -0.39 is 11.7 Å². The summed E-state index contributed by atoms with van der Waals surface area (Å²) in [5, 5.41) is 0. The highest BCUT2D eigenvalue weighted by Gasteiger charge is 2.39. The van der Waals surface area contributed by atoms with E-state index in [-0.39, 0.29) is 6.04 Å². The molecule has 1 atom stereocenters. The molecule has 0 saturated carbocycles. The molecule has 0 bridgehead atoms. The van der Waals surface area contributed by atoms with Gasteiger partial charge in [0.2, 0.25) is 0 Å². The van der Waals surface area contributed by atoms with Crippen molar-refractivity contribution in [1.29, 1.82) is 0 Å². The molecular weight excluding hydrogens is 344 g/mol. The molecule has 2 aromatic rings. The minimum Gasteiger partial charge on any atom is -0.486 e. The number of hydrogen-bond donors (Lipinski definition) is 0. The Labute approximate surface area is 157 Å². The van der Waals surface area contributed by atoms with Crippen molar-refractivity contribution in [3.63, 3.8) is 0 Å². The van der Waals surface area contributed by atoms with E-state index in [1.807, 2.05) is 7.05 Å². The normalized spacial score (nSPS) is 20.2. The van der Waals surface area contributed by atoms with Crippen molar-refractivity contribution in [2.75, 3.05) is 31.8 Å². The molecule has 6 heteroatoms. The van der Waals surface area contributed by atoms with Crippen LogP contribution >= 0.6 is 0 Å². The molecule has 6 nitrogen and oxygen atoms in total. The van der Waals surface area contributed by atoms with Gasteiger partial charge in [0.25, 0.3) is 5.78 Å². The maximum Gasteiger partial charge on any atom is 0.300 e. The number of nitrogens with zero attached hydrogens (tertiary/aromatic N) is 2. The number of aryl methyl sites for hydroxylation is 1.